The highest BCUT2D eigenvalue weighted by molar-refractivity contribution is 6.28. The second-order valence-electron chi connectivity index (χ2n) is 4.09. The van der Waals surface area contributed by atoms with Crippen LogP contribution < -0.4 is 5.32 Å². The number of hydrogen-bond acceptors (Lipinski definition) is 2. The summed E-state index contributed by atoms with van der Waals surface area (Å²) in [7, 11) is 0. The lowest BCUT2D eigenvalue weighted by Crippen LogP contribution is -2.29. The summed E-state index contributed by atoms with van der Waals surface area (Å²) >= 11 is 5.72. The van der Waals surface area contributed by atoms with Gasteiger partial charge in [-0.25, -0.2) is 0 Å². The molecular weight excluding hydrogens is 198 g/mol. The summed E-state index contributed by atoms with van der Waals surface area (Å²) in [5.74, 6) is 1.62. The first kappa shape index (κ1) is 10.1. The SMILES string of the molecule is CC(Cc1ccc(Cl)o1)C1CCCN1. The monoisotopic (exact) mass is 213 g/mol. The van der Waals surface area contributed by atoms with Gasteiger partial charge in [-0.2, -0.15) is 0 Å². The van der Waals surface area contributed by atoms with Crippen LogP contribution in [0.25, 0.3) is 0 Å². The third-order valence-electron chi connectivity index (χ3n) is 2.94. The van der Waals surface area contributed by atoms with E-state index < -0.39 is 0 Å². The van der Waals surface area contributed by atoms with E-state index in [4.69, 9.17) is 16.0 Å². The number of halogens is 1. The molecule has 2 nitrogen and oxygen atoms in total. The van der Waals surface area contributed by atoms with E-state index in [-0.39, 0.29) is 0 Å². The van der Waals surface area contributed by atoms with E-state index in [0.717, 1.165) is 18.7 Å². The highest BCUT2D eigenvalue weighted by Crippen LogP contribution is 2.21. The quantitative estimate of drug-likeness (QED) is 0.836. The summed E-state index contributed by atoms with van der Waals surface area (Å²) in [5.41, 5.74) is 0. The van der Waals surface area contributed by atoms with Gasteiger partial charge in [0, 0.05) is 12.5 Å². The molecule has 3 heteroatoms. The first-order valence-corrected chi connectivity index (χ1v) is 5.61. The van der Waals surface area contributed by atoms with E-state index in [9.17, 15) is 0 Å². The maximum absolute atomic E-state index is 5.72. The number of nitrogens with one attached hydrogen (secondary N) is 1. The summed E-state index contributed by atoms with van der Waals surface area (Å²) in [6, 6.07) is 4.43. The molecule has 0 amide bonds. The van der Waals surface area contributed by atoms with Crippen LogP contribution in [0.4, 0.5) is 0 Å². The molecule has 2 rings (SSSR count). The van der Waals surface area contributed by atoms with E-state index >= 15 is 0 Å². The molecule has 1 aliphatic rings. The van der Waals surface area contributed by atoms with Crippen LogP contribution in [0.3, 0.4) is 0 Å². The Bertz CT molecular complexity index is 291. The van der Waals surface area contributed by atoms with Gasteiger partial charge in [0.15, 0.2) is 5.22 Å². The van der Waals surface area contributed by atoms with Gasteiger partial charge in [-0.3, -0.25) is 0 Å². The molecule has 78 valence electrons. The Morgan fingerprint density at radius 1 is 1.64 bits per heavy atom. The van der Waals surface area contributed by atoms with E-state index in [1.807, 2.05) is 12.1 Å². The van der Waals surface area contributed by atoms with Gasteiger partial charge >= 0.3 is 0 Å². The first-order chi connectivity index (χ1) is 6.75. The van der Waals surface area contributed by atoms with E-state index in [2.05, 4.69) is 12.2 Å². The van der Waals surface area contributed by atoms with Gasteiger partial charge in [0.25, 0.3) is 0 Å². The zero-order valence-electron chi connectivity index (χ0n) is 8.42. The van der Waals surface area contributed by atoms with Crippen LogP contribution in [-0.4, -0.2) is 12.6 Å². The molecule has 1 saturated heterocycles. The van der Waals surface area contributed by atoms with Crippen molar-refractivity contribution in [3.8, 4) is 0 Å². The molecule has 0 radical (unpaired) electrons. The van der Waals surface area contributed by atoms with Crippen LogP contribution in [0.2, 0.25) is 5.22 Å². The lowest BCUT2D eigenvalue weighted by molar-refractivity contribution is 0.381. The maximum atomic E-state index is 5.72. The van der Waals surface area contributed by atoms with Gasteiger partial charge < -0.3 is 9.73 Å². The fourth-order valence-electron chi connectivity index (χ4n) is 2.12. The Kier molecular flexibility index (Phi) is 3.14. The molecule has 0 spiro atoms. The molecule has 2 atom stereocenters. The largest absolute Gasteiger partial charge is 0.450 e. The van der Waals surface area contributed by atoms with Crippen LogP contribution in [0.5, 0.6) is 0 Å². The average molecular weight is 214 g/mol. The lowest BCUT2D eigenvalue weighted by atomic mass is 9.96. The number of hydrogen-bond donors (Lipinski definition) is 1. The maximum Gasteiger partial charge on any atom is 0.193 e. The van der Waals surface area contributed by atoms with E-state index in [1.54, 1.807) is 0 Å². The standard InChI is InChI=1S/C11H16ClNO/c1-8(10-3-2-6-13-10)7-9-4-5-11(12)14-9/h4-5,8,10,13H,2-3,6-7H2,1H3. The predicted molar refractivity (Wildman–Crippen MR) is 57.6 cm³/mol. The van der Waals surface area contributed by atoms with Crippen molar-refractivity contribution in [3.63, 3.8) is 0 Å². The minimum atomic E-state index is 0.492. The second-order valence-corrected chi connectivity index (χ2v) is 4.46. The van der Waals surface area contributed by atoms with Crippen molar-refractivity contribution in [2.24, 2.45) is 5.92 Å². The topological polar surface area (TPSA) is 25.2 Å². The van der Waals surface area contributed by atoms with Gasteiger partial charge in [-0.15, -0.1) is 0 Å². The van der Waals surface area contributed by atoms with Gasteiger partial charge in [0.2, 0.25) is 0 Å². The average Bonchev–Trinajstić information content (AvgIpc) is 2.75. The van der Waals surface area contributed by atoms with Crippen molar-refractivity contribution < 1.29 is 4.42 Å². The fourth-order valence-corrected chi connectivity index (χ4v) is 2.28. The van der Waals surface area contributed by atoms with Crippen LogP contribution >= 0.6 is 11.6 Å². The minimum absolute atomic E-state index is 0.492. The minimum Gasteiger partial charge on any atom is -0.450 e. The van der Waals surface area contributed by atoms with E-state index in [0.29, 0.717) is 17.2 Å². The van der Waals surface area contributed by atoms with Crippen molar-refractivity contribution in [2.45, 2.75) is 32.2 Å². The van der Waals surface area contributed by atoms with Gasteiger partial charge in [-0.1, -0.05) is 6.92 Å². The number of rotatable bonds is 3. The molecule has 1 fully saturated rings. The molecule has 0 aromatic carbocycles. The van der Waals surface area contributed by atoms with Gasteiger partial charge in [0.1, 0.15) is 5.76 Å². The summed E-state index contributed by atoms with van der Waals surface area (Å²) in [6.07, 6.45) is 3.56. The van der Waals surface area contributed by atoms with Gasteiger partial charge in [0.05, 0.1) is 0 Å². The van der Waals surface area contributed by atoms with Gasteiger partial charge in [-0.05, 0) is 49.0 Å². The molecule has 2 unspecified atom stereocenters. The summed E-state index contributed by atoms with van der Waals surface area (Å²) in [4.78, 5) is 0. The van der Waals surface area contributed by atoms with Crippen LogP contribution in [0, 0.1) is 5.92 Å². The molecule has 0 saturated carbocycles. The van der Waals surface area contributed by atoms with Crippen molar-refractivity contribution in [1.82, 2.24) is 5.32 Å². The first-order valence-electron chi connectivity index (χ1n) is 5.23. The summed E-state index contributed by atoms with van der Waals surface area (Å²) < 4.78 is 5.35. The molecule has 1 N–H and O–H groups in total. The number of furan rings is 1. The molecule has 0 aliphatic carbocycles. The third kappa shape index (κ3) is 2.31. The predicted octanol–water partition coefficient (Wildman–Crippen LogP) is 2.86. The molecule has 1 aromatic heterocycles. The Morgan fingerprint density at radius 2 is 2.50 bits per heavy atom. The molecular formula is C11H16ClNO. The molecule has 1 aromatic rings. The highest BCUT2D eigenvalue weighted by Gasteiger charge is 2.21. The van der Waals surface area contributed by atoms with Crippen LogP contribution in [0.1, 0.15) is 25.5 Å². The van der Waals surface area contributed by atoms with Crippen molar-refractivity contribution in [1.29, 1.82) is 0 Å². The Labute approximate surface area is 89.6 Å². The van der Waals surface area contributed by atoms with Crippen LogP contribution in [0.15, 0.2) is 16.5 Å². The second kappa shape index (κ2) is 4.37. The third-order valence-corrected chi connectivity index (χ3v) is 3.14. The van der Waals surface area contributed by atoms with Crippen LogP contribution in [-0.2, 0) is 6.42 Å². The molecule has 2 heterocycles. The smallest absolute Gasteiger partial charge is 0.193 e. The molecule has 0 bridgehead atoms. The van der Waals surface area contributed by atoms with Crippen molar-refractivity contribution in [3.05, 3.63) is 23.1 Å². The zero-order valence-corrected chi connectivity index (χ0v) is 9.18. The normalized spacial score (nSPS) is 24.0. The highest BCUT2D eigenvalue weighted by atomic mass is 35.5. The van der Waals surface area contributed by atoms with E-state index in [1.165, 1.54) is 12.8 Å². The fraction of sp³-hybridized carbons (Fsp3) is 0.636. The molecule has 14 heavy (non-hydrogen) atoms. The Morgan fingerprint density at radius 3 is 3.07 bits per heavy atom. The molecule has 1 aliphatic heterocycles. The van der Waals surface area contributed by atoms with Crippen molar-refractivity contribution in [2.75, 3.05) is 6.54 Å². The Hall–Kier alpha value is -0.470. The Balaban J connectivity index is 1.90. The summed E-state index contributed by atoms with van der Waals surface area (Å²) in [6.45, 7) is 3.42. The zero-order chi connectivity index (χ0) is 9.97. The summed E-state index contributed by atoms with van der Waals surface area (Å²) in [5, 5.41) is 4.00. The van der Waals surface area contributed by atoms with Crippen molar-refractivity contribution >= 4 is 11.6 Å². The lowest BCUT2D eigenvalue weighted by Gasteiger charge is -2.17.